The number of fused-ring (bicyclic) bond motifs is 3. The molecule has 2 nitrogen and oxygen atoms in total. The highest BCUT2D eigenvalue weighted by Crippen LogP contribution is 2.37. The largest absolute Gasteiger partial charge is 0.373 e. The van der Waals surface area contributed by atoms with E-state index < -0.39 is 0 Å². The zero-order valence-electron chi connectivity index (χ0n) is 9.29. The first-order valence-electron chi connectivity index (χ1n) is 5.34. The molecule has 0 bridgehead atoms. The highest BCUT2D eigenvalue weighted by molar-refractivity contribution is 6.31. The van der Waals surface area contributed by atoms with Gasteiger partial charge in [0.2, 0.25) is 0 Å². The van der Waals surface area contributed by atoms with Crippen molar-refractivity contribution in [2.24, 2.45) is 0 Å². The maximum absolute atomic E-state index is 6.02. The van der Waals surface area contributed by atoms with Gasteiger partial charge in [0, 0.05) is 16.9 Å². The monoisotopic (exact) mass is 232 g/mol. The first-order valence-corrected chi connectivity index (χ1v) is 5.72. The van der Waals surface area contributed by atoms with E-state index in [0.29, 0.717) is 0 Å². The molecule has 1 aromatic heterocycles. The summed E-state index contributed by atoms with van der Waals surface area (Å²) in [5.74, 6) is 0. The third-order valence-corrected chi connectivity index (χ3v) is 3.29. The van der Waals surface area contributed by atoms with Crippen molar-refractivity contribution in [3.8, 4) is 5.69 Å². The molecule has 2 heterocycles. The quantitative estimate of drug-likeness (QED) is 0.731. The van der Waals surface area contributed by atoms with Gasteiger partial charge >= 0.3 is 0 Å². The van der Waals surface area contributed by atoms with Crippen molar-refractivity contribution < 1.29 is 0 Å². The molecule has 82 valence electrons. The summed E-state index contributed by atoms with van der Waals surface area (Å²) >= 11 is 6.02. The van der Waals surface area contributed by atoms with E-state index in [1.54, 1.807) is 0 Å². The van der Waals surface area contributed by atoms with Crippen LogP contribution in [-0.2, 0) is 5.54 Å². The number of anilines is 1. The summed E-state index contributed by atoms with van der Waals surface area (Å²) in [6, 6.07) is 10.2. The van der Waals surface area contributed by atoms with E-state index in [1.807, 2.05) is 18.2 Å². The van der Waals surface area contributed by atoms with Crippen LogP contribution in [0.2, 0.25) is 5.02 Å². The smallest absolute Gasteiger partial charge is 0.0723 e. The van der Waals surface area contributed by atoms with E-state index in [4.69, 9.17) is 11.6 Å². The van der Waals surface area contributed by atoms with Gasteiger partial charge in [-0.2, -0.15) is 0 Å². The standard InChI is InChI=1S/C13H13ClN2/c1-13(2)12-4-3-7-16(12)11-6-5-9(14)8-10(11)15-13/h3-8,15H,1-2H3. The summed E-state index contributed by atoms with van der Waals surface area (Å²) in [4.78, 5) is 0. The number of aromatic nitrogens is 1. The summed E-state index contributed by atoms with van der Waals surface area (Å²) in [7, 11) is 0. The average molecular weight is 233 g/mol. The zero-order chi connectivity index (χ0) is 11.3. The molecule has 0 spiro atoms. The van der Waals surface area contributed by atoms with E-state index in [2.05, 4.69) is 42.1 Å². The molecule has 0 unspecified atom stereocenters. The summed E-state index contributed by atoms with van der Waals surface area (Å²) in [5, 5.41) is 4.28. The van der Waals surface area contributed by atoms with Gasteiger partial charge in [-0.1, -0.05) is 11.6 Å². The molecular formula is C13H13ClN2. The summed E-state index contributed by atoms with van der Waals surface area (Å²) in [6.07, 6.45) is 2.09. The van der Waals surface area contributed by atoms with Crippen molar-refractivity contribution in [2.45, 2.75) is 19.4 Å². The van der Waals surface area contributed by atoms with Crippen LogP contribution in [0.15, 0.2) is 36.5 Å². The average Bonchev–Trinajstić information content (AvgIpc) is 2.65. The Labute approximate surface area is 99.8 Å². The van der Waals surface area contributed by atoms with Gasteiger partial charge in [-0.05, 0) is 44.2 Å². The number of nitrogens with one attached hydrogen (secondary N) is 1. The number of hydrogen-bond acceptors (Lipinski definition) is 1. The lowest BCUT2D eigenvalue weighted by Crippen LogP contribution is -2.34. The number of halogens is 1. The predicted octanol–water partition coefficient (Wildman–Crippen LogP) is 3.79. The van der Waals surface area contributed by atoms with E-state index >= 15 is 0 Å². The Morgan fingerprint density at radius 2 is 2.06 bits per heavy atom. The van der Waals surface area contributed by atoms with Crippen LogP contribution in [-0.4, -0.2) is 4.57 Å². The maximum atomic E-state index is 6.02. The van der Waals surface area contributed by atoms with Crippen LogP contribution in [0.4, 0.5) is 5.69 Å². The lowest BCUT2D eigenvalue weighted by Gasteiger charge is -2.35. The molecule has 0 aliphatic carbocycles. The third kappa shape index (κ3) is 1.26. The van der Waals surface area contributed by atoms with E-state index in [9.17, 15) is 0 Å². The molecule has 1 aliphatic heterocycles. The number of rotatable bonds is 0. The van der Waals surface area contributed by atoms with Gasteiger partial charge in [-0.3, -0.25) is 0 Å². The number of hydrogen-bond donors (Lipinski definition) is 1. The second kappa shape index (κ2) is 3.05. The molecule has 1 aliphatic rings. The summed E-state index contributed by atoms with van der Waals surface area (Å²) in [6.45, 7) is 4.34. The molecule has 0 atom stereocenters. The van der Waals surface area contributed by atoms with Crippen LogP contribution < -0.4 is 5.32 Å². The van der Waals surface area contributed by atoms with Crippen molar-refractivity contribution in [1.82, 2.24) is 4.57 Å². The Morgan fingerprint density at radius 3 is 2.88 bits per heavy atom. The topological polar surface area (TPSA) is 17.0 Å². The first kappa shape index (κ1) is 9.79. The molecule has 0 saturated heterocycles. The summed E-state index contributed by atoms with van der Waals surface area (Å²) in [5.41, 5.74) is 3.44. The second-order valence-electron chi connectivity index (χ2n) is 4.67. The SMILES string of the molecule is CC1(C)Nc2cc(Cl)ccc2-n2cccc21. The zero-order valence-corrected chi connectivity index (χ0v) is 10.0. The van der Waals surface area contributed by atoms with Crippen LogP contribution >= 0.6 is 11.6 Å². The molecule has 0 fully saturated rings. The third-order valence-electron chi connectivity index (χ3n) is 3.05. The van der Waals surface area contributed by atoms with Crippen LogP contribution in [0.1, 0.15) is 19.5 Å². The van der Waals surface area contributed by atoms with Crippen molar-refractivity contribution in [2.75, 3.05) is 5.32 Å². The molecule has 0 radical (unpaired) electrons. The molecule has 2 aromatic rings. The first-order chi connectivity index (χ1) is 7.58. The Balaban J connectivity index is 2.30. The maximum Gasteiger partial charge on any atom is 0.0723 e. The fraction of sp³-hybridized carbons (Fsp3) is 0.231. The van der Waals surface area contributed by atoms with Gasteiger partial charge in [0.1, 0.15) is 0 Å². The lowest BCUT2D eigenvalue weighted by molar-refractivity contribution is 0.560. The van der Waals surface area contributed by atoms with Crippen LogP contribution in [0.5, 0.6) is 0 Å². The molecule has 16 heavy (non-hydrogen) atoms. The number of benzene rings is 1. The highest BCUT2D eigenvalue weighted by Gasteiger charge is 2.29. The minimum absolute atomic E-state index is 0.0683. The van der Waals surface area contributed by atoms with Gasteiger partial charge in [0.15, 0.2) is 0 Å². The minimum Gasteiger partial charge on any atom is -0.373 e. The molecule has 1 N–H and O–H groups in total. The van der Waals surface area contributed by atoms with Crippen molar-refractivity contribution in [1.29, 1.82) is 0 Å². The highest BCUT2D eigenvalue weighted by atomic mass is 35.5. The van der Waals surface area contributed by atoms with E-state index in [1.165, 1.54) is 5.69 Å². The van der Waals surface area contributed by atoms with E-state index in [0.717, 1.165) is 16.4 Å². The molecule has 3 rings (SSSR count). The molecule has 0 amide bonds. The predicted molar refractivity (Wildman–Crippen MR) is 67.4 cm³/mol. The molecule has 0 saturated carbocycles. The minimum atomic E-state index is -0.0683. The van der Waals surface area contributed by atoms with Crippen LogP contribution in [0.3, 0.4) is 0 Å². The number of nitrogens with zero attached hydrogens (tertiary/aromatic N) is 1. The van der Waals surface area contributed by atoms with Crippen molar-refractivity contribution in [3.63, 3.8) is 0 Å². The molecule has 1 aromatic carbocycles. The normalized spacial score (nSPS) is 16.2. The lowest BCUT2D eigenvalue weighted by atomic mass is 9.97. The Kier molecular flexibility index (Phi) is 1.86. The van der Waals surface area contributed by atoms with Gasteiger partial charge in [0.25, 0.3) is 0 Å². The van der Waals surface area contributed by atoms with Gasteiger partial charge in [-0.15, -0.1) is 0 Å². The van der Waals surface area contributed by atoms with Crippen molar-refractivity contribution in [3.05, 3.63) is 47.2 Å². The Hall–Kier alpha value is -1.41. The second-order valence-corrected chi connectivity index (χ2v) is 5.11. The Bertz CT molecular complexity index is 555. The van der Waals surface area contributed by atoms with Gasteiger partial charge in [0.05, 0.1) is 16.9 Å². The van der Waals surface area contributed by atoms with Crippen LogP contribution in [0.25, 0.3) is 5.69 Å². The van der Waals surface area contributed by atoms with E-state index in [-0.39, 0.29) is 5.54 Å². The molecular weight excluding hydrogens is 220 g/mol. The van der Waals surface area contributed by atoms with Crippen molar-refractivity contribution >= 4 is 17.3 Å². The van der Waals surface area contributed by atoms with Crippen LogP contribution in [0, 0.1) is 0 Å². The summed E-state index contributed by atoms with van der Waals surface area (Å²) < 4.78 is 2.21. The fourth-order valence-electron chi connectivity index (χ4n) is 2.32. The van der Waals surface area contributed by atoms with Gasteiger partial charge in [-0.25, -0.2) is 0 Å². The molecule has 3 heteroatoms. The Morgan fingerprint density at radius 1 is 1.25 bits per heavy atom. The van der Waals surface area contributed by atoms with Gasteiger partial charge < -0.3 is 9.88 Å². The fourth-order valence-corrected chi connectivity index (χ4v) is 2.49.